The molecule has 0 aliphatic carbocycles. The van der Waals surface area contributed by atoms with Crippen LogP contribution in [0.4, 0.5) is 15.9 Å². The topological polar surface area (TPSA) is 98.7 Å². The van der Waals surface area contributed by atoms with Gasteiger partial charge in [-0.1, -0.05) is 6.07 Å². The molecule has 2 aromatic heterocycles. The Hall–Kier alpha value is -2.68. The third-order valence-electron chi connectivity index (χ3n) is 3.03. The molecule has 3 N–H and O–H groups in total. The Morgan fingerprint density at radius 1 is 1.41 bits per heavy atom. The predicted molar refractivity (Wildman–Crippen MR) is 83.8 cm³/mol. The normalized spacial score (nSPS) is 10.9. The van der Waals surface area contributed by atoms with Gasteiger partial charge in [0.2, 0.25) is 5.91 Å². The third-order valence-corrected chi connectivity index (χ3v) is 3.31. The summed E-state index contributed by atoms with van der Waals surface area (Å²) in [6, 6.07) is 4.33. The number of hydrogen-bond acceptors (Lipinski definition) is 6. The van der Waals surface area contributed by atoms with Gasteiger partial charge in [0.25, 0.3) is 0 Å². The highest BCUT2D eigenvalue weighted by Crippen LogP contribution is 2.31. The maximum absolute atomic E-state index is 14.1. The van der Waals surface area contributed by atoms with E-state index >= 15 is 0 Å². The van der Waals surface area contributed by atoms with E-state index in [1.165, 1.54) is 29.5 Å². The zero-order valence-corrected chi connectivity index (χ0v) is 12.3. The monoisotopic (exact) mass is 318 g/mol. The Morgan fingerprint density at radius 2 is 2.18 bits per heavy atom. The first-order valence-electron chi connectivity index (χ1n) is 6.23. The lowest BCUT2D eigenvalue weighted by Crippen LogP contribution is -2.07. The minimum Gasteiger partial charge on any atom is -0.383 e. The molecule has 0 aliphatic heterocycles. The first kappa shape index (κ1) is 14.3. The number of nitrogens with one attached hydrogen (secondary N) is 1. The Morgan fingerprint density at radius 3 is 2.86 bits per heavy atom. The van der Waals surface area contributed by atoms with E-state index in [-0.39, 0.29) is 17.4 Å². The van der Waals surface area contributed by atoms with Crippen LogP contribution in [0.3, 0.4) is 0 Å². The average Bonchev–Trinajstić information content (AvgIpc) is 2.80. The second-order valence-electron chi connectivity index (χ2n) is 4.57. The van der Waals surface area contributed by atoms with Gasteiger partial charge in [0.1, 0.15) is 23.7 Å². The molecule has 22 heavy (non-hydrogen) atoms. The van der Waals surface area contributed by atoms with Crippen LogP contribution in [-0.2, 0) is 4.79 Å². The van der Waals surface area contributed by atoms with Crippen molar-refractivity contribution in [2.24, 2.45) is 0 Å². The first-order chi connectivity index (χ1) is 10.5. The third kappa shape index (κ3) is 2.35. The summed E-state index contributed by atoms with van der Waals surface area (Å²) in [6.45, 7) is 1.31. The first-order valence-corrected chi connectivity index (χ1v) is 6.63. The van der Waals surface area contributed by atoms with Crippen LogP contribution in [0.25, 0.3) is 22.3 Å². The number of anilines is 2. The van der Waals surface area contributed by atoms with Gasteiger partial charge >= 0.3 is 0 Å². The number of nitrogens with two attached hydrogens (primary N) is 1. The van der Waals surface area contributed by atoms with Gasteiger partial charge in [0, 0.05) is 12.5 Å². The highest BCUT2D eigenvalue weighted by molar-refractivity contribution is 7.78. The second kappa shape index (κ2) is 5.26. The van der Waals surface area contributed by atoms with Gasteiger partial charge in [0.05, 0.1) is 11.1 Å². The zero-order valence-electron chi connectivity index (χ0n) is 11.4. The molecule has 2 heterocycles. The molecule has 0 aliphatic rings. The maximum atomic E-state index is 14.1. The summed E-state index contributed by atoms with van der Waals surface area (Å²) in [4.78, 5) is 19.0. The van der Waals surface area contributed by atoms with Crippen LogP contribution in [0.5, 0.6) is 0 Å². The number of nitrogens with zero attached hydrogens (tertiary/aromatic N) is 4. The number of fused-ring (bicyclic) bond motifs is 1. The summed E-state index contributed by atoms with van der Waals surface area (Å²) in [6.07, 6.45) is 1.30. The SMILES string of the molecule is CC(=O)Nc1ccc(-c2nn(S)c3ncnc(N)c23)cc1F. The number of carbonyl (C=O) groups is 1. The van der Waals surface area contributed by atoms with E-state index in [0.717, 1.165) is 0 Å². The Bertz CT molecular complexity index is 894. The minimum atomic E-state index is -0.579. The number of aromatic nitrogens is 4. The molecule has 0 radical (unpaired) electrons. The van der Waals surface area contributed by atoms with Crippen molar-refractivity contribution >= 4 is 41.3 Å². The number of nitrogen functional groups attached to an aromatic ring is 1. The lowest BCUT2D eigenvalue weighted by atomic mass is 10.1. The van der Waals surface area contributed by atoms with Gasteiger partial charge in [-0.2, -0.15) is 9.19 Å². The molecule has 0 spiro atoms. The number of benzene rings is 1. The van der Waals surface area contributed by atoms with Crippen LogP contribution in [0.2, 0.25) is 0 Å². The second-order valence-corrected chi connectivity index (χ2v) is 4.95. The van der Waals surface area contributed by atoms with E-state index in [1.807, 2.05) is 0 Å². The van der Waals surface area contributed by atoms with Gasteiger partial charge in [-0.25, -0.2) is 14.4 Å². The standard InChI is InChI=1S/C13H11FN6OS/c1-6(21)18-9-3-2-7(4-8(9)14)11-10-12(15)16-5-17-13(10)20(22)19-11/h2-5,22H,1H3,(H,18,21)(H2,15,16,17). The van der Waals surface area contributed by atoms with Crippen molar-refractivity contribution < 1.29 is 9.18 Å². The van der Waals surface area contributed by atoms with Gasteiger partial charge in [-0.15, -0.1) is 0 Å². The maximum Gasteiger partial charge on any atom is 0.221 e. The summed E-state index contributed by atoms with van der Waals surface area (Å²) in [5.74, 6) is -0.703. The zero-order chi connectivity index (χ0) is 15.9. The largest absolute Gasteiger partial charge is 0.383 e. The van der Waals surface area contributed by atoms with Crippen LogP contribution in [0, 0.1) is 5.82 Å². The molecule has 0 bridgehead atoms. The smallest absolute Gasteiger partial charge is 0.221 e. The van der Waals surface area contributed by atoms with E-state index in [9.17, 15) is 9.18 Å². The van der Waals surface area contributed by atoms with Crippen molar-refractivity contribution in [3.8, 4) is 11.3 Å². The summed E-state index contributed by atoms with van der Waals surface area (Å²) >= 11 is 4.17. The minimum absolute atomic E-state index is 0.0927. The number of thiol groups is 1. The van der Waals surface area contributed by atoms with Gasteiger partial charge in [-0.05, 0) is 24.9 Å². The molecule has 9 heteroatoms. The fourth-order valence-corrected chi connectivity index (χ4v) is 2.36. The molecular weight excluding hydrogens is 307 g/mol. The fourth-order valence-electron chi connectivity index (χ4n) is 2.12. The molecule has 7 nitrogen and oxygen atoms in total. The molecule has 1 amide bonds. The van der Waals surface area contributed by atoms with E-state index < -0.39 is 5.82 Å². The van der Waals surface area contributed by atoms with Crippen molar-refractivity contribution in [1.82, 2.24) is 19.2 Å². The number of rotatable bonds is 2. The summed E-state index contributed by atoms with van der Waals surface area (Å²) < 4.78 is 15.3. The van der Waals surface area contributed by atoms with Crippen LogP contribution < -0.4 is 11.1 Å². The molecule has 0 saturated heterocycles. The molecule has 0 atom stereocenters. The number of carbonyl (C=O) groups excluding carboxylic acids is 1. The lowest BCUT2D eigenvalue weighted by molar-refractivity contribution is -0.114. The summed E-state index contributed by atoms with van der Waals surface area (Å²) in [5.41, 5.74) is 7.26. The lowest BCUT2D eigenvalue weighted by Gasteiger charge is -2.05. The molecule has 0 saturated carbocycles. The predicted octanol–water partition coefficient (Wildman–Crippen LogP) is 1.87. The molecule has 3 rings (SSSR count). The van der Waals surface area contributed by atoms with Gasteiger partial charge in [0.15, 0.2) is 5.65 Å². The van der Waals surface area contributed by atoms with Crippen molar-refractivity contribution in [3.05, 3.63) is 30.3 Å². The Kier molecular flexibility index (Phi) is 3.41. The number of amides is 1. The van der Waals surface area contributed by atoms with E-state index in [0.29, 0.717) is 22.3 Å². The molecule has 112 valence electrons. The fraction of sp³-hybridized carbons (Fsp3) is 0.0769. The van der Waals surface area contributed by atoms with Crippen LogP contribution in [-0.4, -0.2) is 25.1 Å². The Labute approximate surface area is 129 Å². The van der Waals surface area contributed by atoms with Crippen LogP contribution in [0.15, 0.2) is 24.5 Å². The molecule has 0 fully saturated rings. The van der Waals surface area contributed by atoms with E-state index in [2.05, 4.69) is 33.2 Å². The quantitative estimate of drug-likeness (QED) is 0.627. The number of hydrogen-bond donors (Lipinski definition) is 3. The molecule has 0 unspecified atom stereocenters. The van der Waals surface area contributed by atoms with Gasteiger partial charge in [-0.3, -0.25) is 4.79 Å². The van der Waals surface area contributed by atoms with E-state index in [1.54, 1.807) is 6.07 Å². The molecule has 1 aromatic carbocycles. The Balaban J connectivity index is 2.16. The van der Waals surface area contributed by atoms with Crippen molar-refractivity contribution in [3.63, 3.8) is 0 Å². The van der Waals surface area contributed by atoms with Crippen molar-refractivity contribution in [2.75, 3.05) is 11.1 Å². The molecular formula is C13H11FN6OS. The van der Waals surface area contributed by atoms with Crippen LogP contribution >= 0.6 is 12.8 Å². The highest BCUT2D eigenvalue weighted by Gasteiger charge is 2.17. The van der Waals surface area contributed by atoms with Gasteiger partial charge < -0.3 is 11.1 Å². The average molecular weight is 318 g/mol. The van der Waals surface area contributed by atoms with Crippen molar-refractivity contribution in [2.45, 2.75) is 6.92 Å². The summed E-state index contributed by atoms with van der Waals surface area (Å²) in [5, 5.41) is 7.09. The number of halogens is 1. The summed E-state index contributed by atoms with van der Waals surface area (Å²) in [7, 11) is 0. The van der Waals surface area contributed by atoms with Crippen LogP contribution in [0.1, 0.15) is 6.92 Å². The highest BCUT2D eigenvalue weighted by atomic mass is 32.1. The molecule has 3 aromatic rings. The van der Waals surface area contributed by atoms with Crippen molar-refractivity contribution in [1.29, 1.82) is 0 Å². The van der Waals surface area contributed by atoms with E-state index in [4.69, 9.17) is 5.73 Å².